The molecule has 0 radical (unpaired) electrons. The van der Waals surface area contributed by atoms with Gasteiger partial charge < -0.3 is 38.6 Å². The molecule has 11 heteroatoms. The molecule has 0 fully saturated rings. The molecule has 34 heavy (non-hydrogen) atoms. The Bertz CT molecular complexity index is 852. The van der Waals surface area contributed by atoms with Gasteiger partial charge in [-0.25, -0.2) is 14.4 Å². The molecule has 188 valence electrons. The van der Waals surface area contributed by atoms with E-state index < -0.39 is 18.5 Å². The summed E-state index contributed by atoms with van der Waals surface area (Å²) < 4.78 is 29.4. The number of carbonyl (C=O) groups is 3. The maximum Gasteiger partial charge on any atom is 0.513 e. The van der Waals surface area contributed by atoms with E-state index in [1.54, 1.807) is 38.1 Å². The van der Waals surface area contributed by atoms with E-state index in [9.17, 15) is 9.59 Å². The summed E-state index contributed by atoms with van der Waals surface area (Å²) in [6.45, 7) is 7.86. The third-order valence-electron chi connectivity index (χ3n) is 3.55. The Morgan fingerprint density at radius 1 is 0.676 bits per heavy atom. The van der Waals surface area contributed by atoms with Crippen LogP contribution in [0, 0.1) is 13.8 Å². The van der Waals surface area contributed by atoms with Crippen molar-refractivity contribution in [3.63, 3.8) is 0 Å². The zero-order chi connectivity index (χ0) is 26.1. The second-order valence-electron chi connectivity index (χ2n) is 6.16. The van der Waals surface area contributed by atoms with Crippen molar-refractivity contribution in [2.75, 3.05) is 27.4 Å². The first-order chi connectivity index (χ1) is 16.1. The number of benzene rings is 2. The van der Waals surface area contributed by atoms with Crippen LogP contribution >= 0.6 is 0 Å². The van der Waals surface area contributed by atoms with E-state index >= 15 is 0 Å². The summed E-state index contributed by atoms with van der Waals surface area (Å²) >= 11 is 0. The number of carbonyl (C=O) groups excluding carboxylic acids is 2. The van der Waals surface area contributed by atoms with Gasteiger partial charge in [0.1, 0.15) is 0 Å². The molecule has 0 saturated carbocycles. The SMILES string of the molecule is CCOC(=O)Oc1ccc(C)cc1OC.CCOC(=O)Oc1ccc(C)cc1OC.O=C(O)O. The lowest BCUT2D eigenvalue weighted by molar-refractivity contribution is 0.102. The molecule has 2 aromatic carbocycles. The smallest absolute Gasteiger partial charge is 0.493 e. The third-order valence-corrected chi connectivity index (χ3v) is 3.55. The molecule has 0 aliphatic carbocycles. The molecule has 0 atom stereocenters. The van der Waals surface area contributed by atoms with Crippen molar-refractivity contribution in [2.45, 2.75) is 27.7 Å². The molecular formula is C23H30O11. The summed E-state index contributed by atoms with van der Waals surface area (Å²) in [5.74, 6) is 1.76. The van der Waals surface area contributed by atoms with Crippen molar-refractivity contribution in [3.05, 3.63) is 47.5 Å². The zero-order valence-electron chi connectivity index (χ0n) is 19.9. The second-order valence-corrected chi connectivity index (χ2v) is 6.16. The lowest BCUT2D eigenvalue weighted by Crippen LogP contribution is -2.10. The fourth-order valence-electron chi connectivity index (χ4n) is 2.19. The lowest BCUT2D eigenvalue weighted by atomic mass is 10.2. The van der Waals surface area contributed by atoms with Crippen LogP contribution in [0.2, 0.25) is 0 Å². The molecule has 0 saturated heterocycles. The van der Waals surface area contributed by atoms with Crippen molar-refractivity contribution >= 4 is 18.5 Å². The summed E-state index contributed by atoms with van der Waals surface area (Å²) in [5, 5.41) is 13.9. The maximum atomic E-state index is 11.1. The highest BCUT2D eigenvalue weighted by atomic mass is 16.7. The minimum atomic E-state index is -1.83. The summed E-state index contributed by atoms with van der Waals surface area (Å²) in [7, 11) is 3.04. The van der Waals surface area contributed by atoms with E-state index in [0.717, 1.165) is 11.1 Å². The summed E-state index contributed by atoms with van der Waals surface area (Å²) in [6.07, 6.45) is -3.28. The highest BCUT2D eigenvalue weighted by Gasteiger charge is 2.11. The number of rotatable bonds is 6. The second kappa shape index (κ2) is 16.5. The predicted molar refractivity (Wildman–Crippen MR) is 121 cm³/mol. The van der Waals surface area contributed by atoms with Crippen LogP contribution in [0.25, 0.3) is 0 Å². The molecule has 0 aliphatic heterocycles. The normalized spacial score (nSPS) is 9.12. The van der Waals surface area contributed by atoms with E-state index in [2.05, 4.69) is 9.47 Å². The minimum Gasteiger partial charge on any atom is -0.493 e. The maximum absolute atomic E-state index is 11.1. The summed E-state index contributed by atoms with van der Waals surface area (Å²) in [6, 6.07) is 10.6. The van der Waals surface area contributed by atoms with Crippen molar-refractivity contribution < 1.29 is 53.0 Å². The molecule has 0 heterocycles. The average Bonchev–Trinajstić information content (AvgIpc) is 2.76. The molecule has 2 rings (SSSR count). The van der Waals surface area contributed by atoms with Gasteiger partial charge in [0.25, 0.3) is 0 Å². The van der Waals surface area contributed by atoms with Crippen molar-refractivity contribution in [2.24, 2.45) is 0 Å². The van der Waals surface area contributed by atoms with Gasteiger partial charge in [-0.05, 0) is 63.1 Å². The molecule has 11 nitrogen and oxygen atoms in total. The fourth-order valence-corrected chi connectivity index (χ4v) is 2.19. The number of hydrogen-bond donors (Lipinski definition) is 2. The van der Waals surface area contributed by atoms with E-state index in [-0.39, 0.29) is 13.2 Å². The van der Waals surface area contributed by atoms with Crippen LogP contribution in [-0.2, 0) is 9.47 Å². The number of carboxylic acid groups (broad SMARTS) is 2. The van der Waals surface area contributed by atoms with Crippen LogP contribution in [0.5, 0.6) is 23.0 Å². The molecule has 2 N–H and O–H groups in total. The third kappa shape index (κ3) is 12.6. The van der Waals surface area contributed by atoms with Crippen molar-refractivity contribution in [1.29, 1.82) is 0 Å². The Labute approximate surface area is 197 Å². The molecule has 0 aliphatic rings. The molecular weight excluding hydrogens is 452 g/mol. The largest absolute Gasteiger partial charge is 0.513 e. The zero-order valence-corrected chi connectivity index (χ0v) is 19.9. The summed E-state index contributed by atoms with van der Waals surface area (Å²) in [4.78, 5) is 30.7. The van der Waals surface area contributed by atoms with E-state index in [0.29, 0.717) is 23.0 Å². The van der Waals surface area contributed by atoms with Crippen LogP contribution in [0.3, 0.4) is 0 Å². The monoisotopic (exact) mass is 482 g/mol. The quantitative estimate of drug-likeness (QED) is 0.408. The predicted octanol–water partition coefficient (Wildman–Crippen LogP) is 5.30. The molecule has 2 aromatic rings. The summed E-state index contributed by atoms with van der Waals surface area (Å²) in [5.41, 5.74) is 2.06. The van der Waals surface area contributed by atoms with Crippen molar-refractivity contribution in [1.82, 2.24) is 0 Å². The van der Waals surface area contributed by atoms with Gasteiger partial charge in [-0.1, -0.05) is 12.1 Å². The van der Waals surface area contributed by atoms with Crippen LogP contribution in [0.4, 0.5) is 14.4 Å². The molecule has 0 amide bonds. The van der Waals surface area contributed by atoms with Crippen molar-refractivity contribution in [3.8, 4) is 23.0 Å². The topological polar surface area (TPSA) is 147 Å². The van der Waals surface area contributed by atoms with Crippen LogP contribution < -0.4 is 18.9 Å². The van der Waals surface area contributed by atoms with Gasteiger partial charge in [-0.15, -0.1) is 0 Å². The minimum absolute atomic E-state index is 0.285. The Balaban J connectivity index is 0.000000554. The van der Waals surface area contributed by atoms with E-state index in [4.69, 9.17) is 34.0 Å². The Hall–Kier alpha value is -4.15. The molecule has 0 unspecified atom stereocenters. The molecule has 0 bridgehead atoms. The van der Waals surface area contributed by atoms with Gasteiger partial charge in [0.2, 0.25) is 0 Å². The highest BCUT2D eigenvalue weighted by Crippen LogP contribution is 2.28. The molecule has 0 spiro atoms. The number of aryl methyl sites for hydroxylation is 2. The first-order valence-electron chi connectivity index (χ1n) is 9.98. The Morgan fingerprint density at radius 2 is 1.00 bits per heavy atom. The van der Waals surface area contributed by atoms with Gasteiger partial charge in [0, 0.05) is 0 Å². The number of methoxy groups -OCH3 is 2. The van der Waals surface area contributed by atoms with E-state index in [1.807, 2.05) is 26.0 Å². The van der Waals surface area contributed by atoms with Crippen LogP contribution in [-0.4, -0.2) is 56.1 Å². The van der Waals surface area contributed by atoms with Crippen LogP contribution in [0.15, 0.2) is 36.4 Å². The standard InChI is InChI=1S/2C11H14O4.CH2O3/c2*1-4-14-11(12)15-9-6-5-8(2)7-10(9)13-3;2-1(3)4/h2*5-7H,4H2,1-3H3;(H2,2,3,4). The number of ether oxygens (including phenoxy) is 6. The van der Waals surface area contributed by atoms with E-state index in [1.165, 1.54) is 14.2 Å². The molecule has 0 aromatic heterocycles. The Morgan fingerprint density at radius 3 is 1.26 bits per heavy atom. The Kier molecular flexibility index (Phi) is 14.5. The highest BCUT2D eigenvalue weighted by molar-refractivity contribution is 5.66. The first-order valence-corrected chi connectivity index (χ1v) is 9.98. The number of hydrogen-bond acceptors (Lipinski definition) is 9. The van der Waals surface area contributed by atoms with Gasteiger partial charge in [0.05, 0.1) is 27.4 Å². The van der Waals surface area contributed by atoms with Gasteiger partial charge in [-0.3, -0.25) is 0 Å². The van der Waals surface area contributed by atoms with Gasteiger partial charge >= 0.3 is 18.5 Å². The average molecular weight is 482 g/mol. The van der Waals surface area contributed by atoms with Gasteiger partial charge in [0.15, 0.2) is 23.0 Å². The fraction of sp³-hybridized carbons (Fsp3) is 0.348. The van der Waals surface area contributed by atoms with Crippen LogP contribution in [0.1, 0.15) is 25.0 Å². The first kappa shape index (κ1) is 29.9. The van der Waals surface area contributed by atoms with Gasteiger partial charge in [-0.2, -0.15) is 0 Å². The lowest BCUT2D eigenvalue weighted by Gasteiger charge is -2.09.